The molecular weight excluding hydrogens is 284 g/mol. The van der Waals surface area contributed by atoms with Gasteiger partial charge < -0.3 is 9.88 Å². The maximum Gasteiger partial charge on any atom is 0.0912 e. The van der Waals surface area contributed by atoms with Crippen LogP contribution in [-0.2, 0) is 6.42 Å². The van der Waals surface area contributed by atoms with Crippen LogP contribution >= 0.6 is 0 Å². The number of nitrogens with zero attached hydrogens (tertiary/aromatic N) is 3. The molecular formula is C19H18N4. The normalized spacial score (nSPS) is 17.0. The summed E-state index contributed by atoms with van der Waals surface area (Å²) >= 11 is 0. The quantitative estimate of drug-likeness (QED) is 0.798. The van der Waals surface area contributed by atoms with Crippen LogP contribution in [-0.4, -0.2) is 27.8 Å². The third-order valence-electron chi connectivity index (χ3n) is 4.29. The van der Waals surface area contributed by atoms with Crippen molar-refractivity contribution in [3.8, 4) is 0 Å². The minimum atomic E-state index is 0.223. The molecule has 0 fully saturated rings. The van der Waals surface area contributed by atoms with Gasteiger partial charge in [0.25, 0.3) is 0 Å². The second-order valence-corrected chi connectivity index (χ2v) is 5.68. The van der Waals surface area contributed by atoms with Crippen LogP contribution in [0, 0.1) is 0 Å². The fourth-order valence-electron chi connectivity index (χ4n) is 3.09. The largest absolute Gasteiger partial charge is 0.361 e. The molecule has 0 saturated heterocycles. The summed E-state index contributed by atoms with van der Waals surface area (Å²) in [6.45, 7) is 0.919. The van der Waals surface area contributed by atoms with Gasteiger partial charge in [-0.1, -0.05) is 18.2 Å². The summed E-state index contributed by atoms with van der Waals surface area (Å²) in [6, 6.07) is 12.8. The van der Waals surface area contributed by atoms with E-state index in [0.29, 0.717) is 0 Å². The Morgan fingerprint density at radius 2 is 1.96 bits per heavy atom. The molecule has 0 saturated carbocycles. The van der Waals surface area contributed by atoms with Crippen molar-refractivity contribution in [3.63, 3.8) is 0 Å². The first kappa shape index (κ1) is 13.8. The van der Waals surface area contributed by atoms with Crippen LogP contribution in [0.15, 0.2) is 72.3 Å². The predicted octanol–water partition coefficient (Wildman–Crippen LogP) is 3.70. The average Bonchev–Trinajstić information content (AvgIpc) is 3.04. The van der Waals surface area contributed by atoms with Gasteiger partial charge in [-0.2, -0.15) is 0 Å². The minimum absolute atomic E-state index is 0.223. The molecule has 2 aromatic heterocycles. The molecule has 1 aromatic carbocycles. The molecule has 1 aliphatic rings. The zero-order valence-corrected chi connectivity index (χ0v) is 12.8. The van der Waals surface area contributed by atoms with E-state index in [1.807, 2.05) is 24.9 Å². The summed E-state index contributed by atoms with van der Waals surface area (Å²) in [5.41, 5.74) is 3.78. The van der Waals surface area contributed by atoms with Gasteiger partial charge in [0, 0.05) is 42.2 Å². The highest BCUT2D eigenvalue weighted by Crippen LogP contribution is 2.24. The van der Waals surface area contributed by atoms with Crippen LogP contribution in [0.3, 0.4) is 0 Å². The lowest BCUT2D eigenvalue weighted by molar-refractivity contribution is 0.375. The summed E-state index contributed by atoms with van der Waals surface area (Å²) in [5, 5.41) is 1.30. The highest BCUT2D eigenvalue weighted by atomic mass is 15.2. The van der Waals surface area contributed by atoms with Crippen molar-refractivity contribution >= 4 is 17.2 Å². The molecule has 0 spiro atoms. The summed E-state index contributed by atoms with van der Waals surface area (Å²) in [6.07, 6.45) is 12.7. The molecule has 1 atom stereocenters. The van der Waals surface area contributed by atoms with E-state index in [1.165, 1.54) is 22.0 Å². The summed E-state index contributed by atoms with van der Waals surface area (Å²) in [5.74, 6) is 0. The standard InChI is InChI=1S/C19H18N4/c1-2-4-18-17(3-1)16(13-22-18)8-12-23-14-21-11-7-19(23)15-5-9-20-10-6-15/h1-7,9-11,13-14,19,22H,8,12H2. The van der Waals surface area contributed by atoms with Crippen molar-refractivity contribution in [2.24, 2.45) is 4.99 Å². The number of aliphatic imine (C=N–C) groups is 1. The molecule has 0 aliphatic carbocycles. The Kier molecular flexibility index (Phi) is 3.64. The van der Waals surface area contributed by atoms with E-state index in [2.05, 4.69) is 68.5 Å². The first-order valence-corrected chi connectivity index (χ1v) is 7.82. The van der Waals surface area contributed by atoms with Gasteiger partial charge in [0.1, 0.15) is 0 Å². The van der Waals surface area contributed by atoms with E-state index >= 15 is 0 Å². The Morgan fingerprint density at radius 3 is 2.87 bits per heavy atom. The first-order valence-electron chi connectivity index (χ1n) is 7.82. The predicted molar refractivity (Wildman–Crippen MR) is 93.3 cm³/mol. The number of pyridine rings is 1. The highest BCUT2D eigenvalue weighted by molar-refractivity contribution is 5.83. The lowest BCUT2D eigenvalue weighted by Crippen LogP contribution is -2.30. The number of hydrogen-bond donors (Lipinski definition) is 1. The van der Waals surface area contributed by atoms with E-state index in [4.69, 9.17) is 0 Å². The van der Waals surface area contributed by atoms with Crippen LogP contribution in [0.4, 0.5) is 0 Å². The highest BCUT2D eigenvalue weighted by Gasteiger charge is 2.17. The second kappa shape index (κ2) is 6.08. The van der Waals surface area contributed by atoms with Crippen molar-refractivity contribution in [3.05, 3.63) is 78.4 Å². The number of benzene rings is 1. The van der Waals surface area contributed by atoms with Crippen molar-refractivity contribution in [1.82, 2.24) is 14.9 Å². The van der Waals surface area contributed by atoms with Gasteiger partial charge in [-0.25, -0.2) is 4.99 Å². The van der Waals surface area contributed by atoms with Crippen LogP contribution in [0.5, 0.6) is 0 Å². The van der Waals surface area contributed by atoms with Crippen molar-refractivity contribution in [2.45, 2.75) is 12.5 Å². The van der Waals surface area contributed by atoms with Crippen molar-refractivity contribution < 1.29 is 0 Å². The zero-order valence-electron chi connectivity index (χ0n) is 12.8. The Morgan fingerprint density at radius 1 is 1.09 bits per heavy atom. The van der Waals surface area contributed by atoms with Gasteiger partial charge in [-0.15, -0.1) is 0 Å². The molecule has 23 heavy (non-hydrogen) atoms. The Balaban J connectivity index is 1.53. The molecule has 3 heterocycles. The van der Waals surface area contributed by atoms with E-state index in [0.717, 1.165) is 13.0 Å². The monoisotopic (exact) mass is 302 g/mol. The minimum Gasteiger partial charge on any atom is -0.361 e. The number of fused-ring (bicyclic) bond motifs is 1. The first-order chi connectivity index (χ1) is 11.4. The Labute approximate surface area is 135 Å². The second-order valence-electron chi connectivity index (χ2n) is 5.68. The smallest absolute Gasteiger partial charge is 0.0912 e. The van der Waals surface area contributed by atoms with E-state index < -0.39 is 0 Å². The number of hydrogen-bond acceptors (Lipinski definition) is 3. The maximum absolute atomic E-state index is 4.29. The topological polar surface area (TPSA) is 44.3 Å². The van der Waals surface area contributed by atoms with Gasteiger partial charge in [0.15, 0.2) is 0 Å². The average molecular weight is 302 g/mol. The molecule has 0 radical (unpaired) electrons. The fourth-order valence-corrected chi connectivity index (χ4v) is 3.09. The lowest BCUT2D eigenvalue weighted by atomic mass is 10.0. The van der Waals surface area contributed by atoms with Gasteiger partial charge in [0.2, 0.25) is 0 Å². The number of aromatic amines is 1. The van der Waals surface area contributed by atoms with Gasteiger partial charge in [-0.3, -0.25) is 4.98 Å². The van der Waals surface area contributed by atoms with E-state index in [1.54, 1.807) is 0 Å². The van der Waals surface area contributed by atoms with Gasteiger partial charge in [0.05, 0.1) is 12.4 Å². The third-order valence-corrected chi connectivity index (χ3v) is 4.29. The van der Waals surface area contributed by atoms with Gasteiger partial charge in [-0.05, 0) is 41.8 Å². The summed E-state index contributed by atoms with van der Waals surface area (Å²) < 4.78 is 0. The van der Waals surface area contributed by atoms with Crippen LogP contribution in [0.2, 0.25) is 0 Å². The molecule has 4 heteroatoms. The Bertz CT molecular complexity index is 848. The molecule has 114 valence electrons. The van der Waals surface area contributed by atoms with Crippen LogP contribution in [0.1, 0.15) is 17.2 Å². The summed E-state index contributed by atoms with van der Waals surface area (Å²) in [4.78, 5) is 14.0. The van der Waals surface area contributed by atoms with E-state index in [9.17, 15) is 0 Å². The van der Waals surface area contributed by atoms with Crippen LogP contribution < -0.4 is 0 Å². The van der Waals surface area contributed by atoms with Crippen LogP contribution in [0.25, 0.3) is 10.9 Å². The molecule has 4 rings (SSSR count). The number of nitrogens with one attached hydrogen (secondary N) is 1. The Hall–Kier alpha value is -2.88. The molecule has 3 aromatic rings. The maximum atomic E-state index is 4.29. The van der Waals surface area contributed by atoms with Crippen molar-refractivity contribution in [2.75, 3.05) is 6.54 Å². The molecule has 1 N–H and O–H groups in total. The molecule has 0 amide bonds. The zero-order chi connectivity index (χ0) is 15.5. The number of para-hydroxylation sites is 1. The molecule has 0 bridgehead atoms. The number of H-pyrrole nitrogens is 1. The molecule has 1 unspecified atom stereocenters. The molecule has 1 aliphatic heterocycles. The lowest BCUT2D eigenvalue weighted by Gasteiger charge is -2.29. The van der Waals surface area contributed by atoms with Crippen molar-refractivity contribution in [1.29, 1.82) is 0 Å². The fraction of sp³-hybridized carbons (Fsp3) is 0.158. The van der Waals surface area contributed by atoms with E-state index in [-0.39, 0.29) is 6.04 Å². The summed E-state index contributed by atoms with van der Waals surface area (Å²) in [7, 11) is 0. The third kappa shape index (κ3) is 2.75. The number of aromatic nitrogens is 2. The number of rotatable bonds is 4. The SMILES string of the molecule is C1=CC(c2ccncc2)N(CCc2c[nH]c3ccccc23)C=N1. The molecule has 4 nitrogen and oxygen atoms in total. The van der Waals surface area contributed by atoms with Gasteiger partial charge >= 0.3 is 0 Å².